The van der Waals surface area contributed by atoms with Gasteiger partial charge in [-0.05, 0) is 12.5 Å². The molecule has 124 valence electrons. The third-order valence-electron chi connectivity index (χ3n) is 3.01. The van der Waals surface area contributed by atoms with E-state index in [1.807, 2.05) is 30.3 Å². The molecular weight excluding hydrogens is 336 g/mol. The molecule has 0 bridgehead atoms. The molecule has 1 unspecified atom stereocenters. The van der Waals surface area contributed by atoms with Gasteiger partial charge in [-0.25, -0.2) is 4.98 Å². The van der Waals surface area contributed by atoms with Crippen LogP contribution in [-0.2, 0) is 17.9 Å². The second-order valence-electron chi connectivity index (χ2n) is 4.73. The van der Waals surface area contributed by atoms with Crippen molar-refractivity contribution in [1.82, 2.24) is 15.6 Å². The zero-order chi connectivity index (χ0) is 15.9. The third kappa shape index (κ3) is 5.63. The van der Waals surface area contributed by atoms with E-state index in [2.05, 4.69) is 15.6 Å². The van der Waals surface area contributed by atoms with Gasteiger partial charge in [0, 0.05) is 18.5 Å². The number of amides is 2. The number of halogens is 1. The number of carbonyl (C=O) groups is 2. The van der Waals surface area contributed by atoms with Gasteiger partial charge < -0.3 is 16.4 Å². The molecule has 4 N–H and O–H groups in total. The summed E-state index contributed by atoms with van der Waals surface area (Å²) in [7, 11) is 0. The quantitative estimate of drug-likeness (QED) is 0.731. The molecule has 23 heavy (non-hydrogen) atoms. The Morgan fingerprint density at radius 1 is 1.30 bits per heavy atom. The molecule has 0 aliphatic carbocycles. The van der Waals surface area contributed by atoms with Gasteiger partial charge in [0.15, 0.2) is 0 Å². The Morgan fingerprint density at radius 2 is 2.00 bits per heavy atom. The number of rotatable bonds is 6. The fourth-order valence-electron chi connectivity index (χ4n) is 1.78. The molecule has 1 heterocycles. The van der Waals surface area contributed by atoms with Crippen molar-refractivity contribution in [1.29, 1.82) is 0 Å². The molecule has 2 aromatic rings. The van der Waals surface area contributed by atoms with E-state index in [-0.39, 0.29) is 29.9 Å². The van der Waals surface area contributed by atoms with Gasteiger partial charge in [-0.3, -0.25) is 9.59 Å². The van der Waals surface area contributed by atoms with Crippen molar-refractivity contribution in [3.63, 3.8) is 0 Å². The number of benzene rings is 1. The lowest BCUT2D eigenvalue weighted by molar-refractivity contribution is -0.122. The van der Waals surface area contributed by atoms with E-state index in [0.29, 0.717) is 18.1 Å². The topological polar surface area (TPSA) is 97.1 Å². The molecule has 1 aromatic heterocycles. The molecule has 0 aliphatic rings. The Balaban J connectivity index is 0.00000264. The molecule has 6 nitrogen and oxygen atoms in total. The summed E-state index contributed by atoms with van der Waals surface area (Å²) in [4.78, 5) is 28.0. The Bertz CT molecular complexity index is 648. The number of nitrogens with zero attached hydrogens (tertiary/aromatic N) is 1. The third-order valence-corrected chi connectivity index (χ3v) is 3.88. The van der Waals surface area contributed by atoms with Crippen LogP contribution >= 0.6 is 23.7 Å². The first-order chi connectivity index (χ1) is 10.6. The van der Waals surface area contributed by atoms with Gasteiger partial charge in [0.2, 0.25) is 5.91 Å². The number of hydrogen-bond acceptors (Lipinski definition) is 5. The summed E-state index contributed by atoms with van der Waals surface area (Å²) in [5.41, 5.74) is 6.75. The van der Waals surface area contributed by atoms with Crippen molar-refractivity contribution in [2.24, 2.45) is 5.73 Å². The number of nitrogens with two attached hydrogens (primary N) is 1. The van der Waals surface area contributed by atoms with Crippen LogP contribution < -0.4 is 16.4 Å². The summed E-state index contributed by atoms with van der Waals surface area (Å²) in [5, 5.41) is 7.72. The summed E-state index contributed by atoms with van der Waals surface area (Å²) in [6.07, 6.45) is 0. The van der Waals surface area contributed by atoms with Crippen LogP contribution in [0.5, 0.6) is 0 Å². The van der Waals surface area contributed by atoms with E-state index in [1.54, 1.807) is 12.3 Å². The average Bonchev–Trinajstić information content (AvgIpc) is 3.02. The summed E-state index contributed by atoms with van der Waals surface area (Å²) in [6.45, 7) is 2.35. The normalized spacial score (nSPS) is 11.2. The fourth-order valence-corrected chi connectivity index (χ4v) is 2.44. The van der Waals surface area contributed by atoms with Crippen LogP contribution in [0.2, 0.25) is 0 Å². The molecule has 1 aromatic carbocycles. The second kappa shape index (κ2) is 9.24. The van der Waals surface area contributed by atoms with Crippen LogP contribution in [0.1, 0.15) is 28.0 Å². The standard InChI is InChI=1S/C15H18N4O2S.ClH/c1-10(14(20)17-8-11-5-3-2-4-6-11)18-15(21)12-9-22-13(7-16)19-12;/h2-6,9-10H,7-8,16H2,1H3,(H,17,20)(H,18,21);1H. The lowest BCUT2D eigenvalue weighted by Gasteiger charge is -2.13. The van der Waals surface area contributed by atoms with Crippen LogP contribution in [0.15, 0.2) is 35.7 Å². The van der Waals surface area contributed by atoms with Crippen molar-refractivity contribution >= 4 is 35.6 Å². The minimum absolute atomic E-state index is 0. The number of aromatic nitrogens is 1. The van der Waals surface area contributed by atoms with E-state index in [4.69, 9.17) is 5.73 Å². The molecule has 2 amide bonds. The van der Waals surface area contributed by atoms with Gasteiger partial charge in [-0.1, -0.05) is 30.3 Å². The smallest absolute Gasteiger partial charge is 0.271 e. The van der Waals surface area contributed by atoms with Gasteiger partial charge in [-0.2, -0.15) is 0 Å². The highest BCUT2D eigenvalue weighted by Crippen LogP contribution is 2.08. The van der Waals surface area contributed by atoms with Crippen molar-refractivity contribution < 1.29 is 9.59 Å². The van der Waals surface area contributed by atoms with Crippen LogP contribution in [-0.4, -0.2) is 22.8 Å². The molecule has 0 spiro atoms. The summed E-state index contributed by atoms with van der Waals surface area (Å²) in [5.74, 6) is -0.621. The Hall–Kier alpha value is -1.96. The maximum Gasteiger partial charge on any atom is 0.271 e. The fraction of sp³-hybridized carbons (Fsp3) is 0.267. The van der Waals surface area contributed by atoms with Crippen LogP contribution in [0.4, 0.5) is 0 Å². The van der Waals surface area contributed by atoms with E-state index < -0.39 is 6.04 Å². The Kier molecular flexibility index (Phi) is 7.67. The maximum atomic E-state index is 12.0. The minimum Gasteiger partial charge on any atom is -0.350 e. The highest BCUT2D eigenvalue weighted by Gasteiger charge is 2.18. The number of thiazole rings is 1. The zero-order valence-electron chi connectivity index (χ0n) is 12.6. The molecular formula is C15H19ClN4O2S. The Labute approximate surface area is 144 Å². The summed E-state index contributed by atoms with van der Waals surface area (Å²) in [6, 6.07) is 8.94. The van der Waals surface area contributed by atoms with E-state index in [9.17, 15) is 9.59 Å². The highest BCUT2D eigenvalue weighted by molar-refractivity contribution is 7.09. The molecule has 1 atom stereocenters. The zero-order valence-corrected chi connectivity index (χ0v) is 14.2. The van der Waals surface area contributed by atoms with E-state index in [0.717, 1.165) is 5.56 Å². The van der Waals surface area contributed by atoms with Crippen molar-refractivity contribution in [2.45, 2.75) is 26.1 Å². The lowest BCUT2D eigenvalue weighted by atomic mass is 10.2. The van der Waals surface area contributed by atoms with Gasteiger partial charge in [-0.15, -0.1) is 23.7 Å². The van der Waals surface area contributed by atoms with Crippen molar-refractivity contribution in [2.75, 3.05) is 0 Å². The lowest BCUT2D eigenvalue weighted by Crippen LogP contribution is -2.44. The van der Waals surface area contributed by atoms with Crippen LogP contribution in [0.3, 0.4) is 0 Å². The monoisotopic (exact) mass is 354 g/mol. The largest absolute Gasteiger partial charge is 0.350 e. The number of hydrogen-bond donors (Lipinski definition) is 3. The van der Waals surface area contributed by atoms with Crippen molar-refractivity contribution in [3.05, 3.63) is 52.0 Å². The average molecular weight is 355 g/mol. The molecule has 0 saturated carbocycles. The van der Waals surface area contributed by atoms with E-state index in [1.165, 1.54) is 11.3 Å². The molecule has 0 fully saturated rings. The molecule has 8 heteroatoms. The molecule has 0 aliphatic heterocycles. The minimum atomic E-state index is -0.640. The van der Waals surface area contributed by atoms with Gasteiger partial charge >= 0.3 is 0 Å². The van der Waals surface area contributed by atoms with E-state index >= 15 is 0 Å². The van der Waals surface area contributed by atoms with Gasteiger partial charge in [0.1, 0.15) is 16.7 Å². The first kappa shape index (κ1) is 19.1. The second-order valence-corrected chi connectivity index (χ2v) is 5.67. The van der Waals surface area contributed by atoms with Gasteiger partial charge in [0.05, 0.1) is 0 Å². The van der Waals surface area contributed by atoms with Crippen LogP contribution in [0.25, 0.3) is 0 Å². The van der Waals surface area contributed by atoms with Gasteiger partial charge in [0.25, 0.3) is 5.91 Å². The summed E-state index contributed by atoms with van der Waals surface area (Å²) < 4.78 is 0. The highest BCUT2D eigenvalue weighted by atomic mass is 35.5. The Morgan fingerprint density at radius 3 is 2.61 bits per heavy atom. The first-order valence-corrected chi connectivity index (χ1v) is 7.75. The summed E-state index contributed by atoms with van der Waals surface area (Å²) >= 11 is 1.32. The molecule has 0 radical (unpaired) electrons. The van der Waals surface area contributed by atoms with Crippen molar-refractivity contribution in [3.8, 4) is 0 Å². The molecule has 2 rings (SSSR count). The SMILES string of the molecule is CC(NC(=O)c1csc(CN)n1)C(=O)NCc1ccccc1.Cl. The number of carbonyl (C=O) groups excluding carboxylic acids is 2. The predicted octanol–water partition coefficient (Wildman–Crippen LogP) is 1.46. The van der Waals surface area contributed by atoms with Crippen LogP contribution in [0, 0.1) is 0 Å². The molecule has 0 saturated heterocycles. The maximum absolute atomic E-state index is 12.0. The first-order valence-electron chi connectivity index (χ1n) is 6.87. The predicted molar refractivity (Wildman–Crippen MR) is 92.5 cm³/mol. The number of nitrogens with one attached hydrogen (secondary N) is 2.